The van der Waals surface area contributed by atoms with E-state index in [0.29, 0.717) is 0 Å². The van der Waals surface area contributed by atoms with E-state index in [1.54, 1.807) is 0 Å². The molecule has 3 nitrogen and oxygen atoms in total. The van der Waals surface area contributed by atoms with E-state index in [9.17, 15) is 8.42 Å². The Morgan fingerprint density at radius 2 is 1.79 bits per heavy atom. The van der Waals surface area contributed by atoms with Crippen molar-refractivity contribution < 1.29 is 13.0 Å². The predicted octanol–water partition coefficient (Wildman–Crippen LogP) is 2.22. The molecule has 0 bridgehead atoms. The van der Waals surface area contributed by atoms with Crippen molar-refractivity contribution in [1.29, 1.82) is 0 Å². The number of rotatable bonds is 2. The lowest BCUT2D eigenvalue weighted by atomic mass is 10.2. The Morgan fingerprint density at radius 3 is 2.00 bits per heavy atom. The molecule has 0 saturated carbocycles. The minimum atomic E-state index is -3.66. The van der Waals surface area contributed by atoms with E-state index < -0.39 is 10.1 Å². The molecule has 0 amide bonds. The molecule has 0 fully saturated rings. The average molecular weight is 214 g/mol. The van der Waals surface area contributed by atoms with Crippen molar-refractivity contribution >= 4 is 16.2 Å². The third-order valence-electron chi connectivity index (χ3n) is 1.40. The van der Waals surface area contributed by atoms with Gasteiger partial charge in [0.2, 0.25) is 0 Å². The second-order valence-electron chi connectivity index (χ2n) is 2.49. The molecule has 0 unspecified atom stereocenters. The lowest BCUT2D eigenvalue weighted by molar-refractivity contribution is 0.484. The first-order valence-electron chi connectivity index (χ1n) is 4.12. The zero-order valence-corrected chi connectivity index (χ0v) is 8.87. The van der Waals surface area contributed by atoms with Crippen molar-refractivity contribution in [3.63, 3.8) is 0 Å². The molecule has 1 aromatic carbocycles. The van der Waals surface area contributed by atoms with Crippen LogP contribution in [0.3, 0.4) is 0 Å². The van der Waals surface area contributed by atoms with Gasteiger partial charge < -0.3 is 0 Å². The first-order chi connectivity index (χ1) is 6.49. The Labute approximate surface area is 84.8 Å². The maximum atomic E-state index is 9.56. The molecule has 14 heavy (non-hydrogen) atoms. The maximum absolute atomic E-state index is 9.56. The van der Waals surface area contributed by atoms with Crippen molar-refractivity contribution in [2.45, 2.75) is 6.92 Å². The summed E-state index contributed by atoms with van der Waals surface area (Å²) in [6.45, 7) is 5.00. The standard InChI is InChI=1S/C8H8.C2H6O3S/c1-2-8-6-4-3-5-7-8;1-2-6(3,4)5/h2-7H,1H2;2H2,1H3,(H,3,4,5). The Kier molecular flexibility index (Phi) is 5.83. The minimum absolute atomic E-state index is 0.201. The fraction of sp³-hybridized carbons (Fsp3) is 0.200. The molecule has 1 N–H and O–H groups in total. The van der Waals surface area contributed by atoms with Gasteiger partial charge in [-0.3, -0.25) is 4.55 Å². The molecule has 4 heteroatoms. The molecular formula is C10H14O3S. The van der Waals surface area contributed by atoms with Gasteiger partial charge in [0.25, 0.3) is 10.1 Å². The Bertz CT molecular complexity index is 354. The summed E-state index contributed by atoms with van der Waals surface area (Å²) in [6, 6.07) is 10.0. The largest absolute Gasteiger partial charge is 0.286 e. The van der Waals surface area contributed by atoms with Crippen molar-refractivity contribution in [3.8, 4) is 0 Å². The summed E-state index contributed by atoms with van der Waals surface area (Å²) in [6.07, 6.45) is 1.83. The van der Waals surface area contributed by atoms with Crippen LogP contribution in [-0.2, 0) is 10.1 Å². The number of hydrogen-bond donors (Lipinski definition) is 1. The van der Waals surface area contributed by atoms with Crippen molar-refractivity contribution in [2.24, 2.45) is 0 Å². The monoisotopic (exact) mass is 214 g/mol. The van der Waals surface area contributed by atoms with E-state index in [1.807, 2.05) is 36.4 Å². The van der Waals surface area contributed by atoms with Crippen molar-refractivity contribution in [3.05, 3.63) is 42.5 Å². The zero-order chi connectivity index (χ0) is 11.0. The molecule has 0 atom stereocenters. The van der Waals surface area contributed by atoms with Crippen LogP contribution in [0.1, 0.15) is 12.5 Å². The highest BCUT2D eigenvalue weighted by Gasteiger charge is 1.93. The lowest BCUT2D eigenvalue weighted by Crippen LogP contribution is -1.97. The van der Waals surface area contributed by atoms with Crippen LogP contribution in [0.2, 0.25) is 0 Å². The fourth-order valence-corrected chi connectivity index (χ4v) is 0.589. The molecule has 0 aliphatic carbocycles. The Balaban J connectivity index is 0.000000255. The summed E-state index contributed by atoms with van der Waals surface area (Å²) in [5, 5.41) is 0. The zero-order valence-electron chi connectivity index (χ0n) is 8.05. The molecule has 0 heterocycles. The summed E-state index contributed by atoms with van der Waals surface area (Å²) in [4.78, 5) is 0. The molecular weight excluding hydrogens is 200 g/mol. The van der Waals surface area contributed by atoms with Gasteiger partial charge in [0.1, 0.15) is 0 Å². The molecule has 0 aliphatic heterocycles. The second-order valence-corrected chi connectivity index (χ2v) is 4.23. The topological polar surface area (TPSA) is 54.4 Å². The smallest absolute Gasteiger partial charge is 0.264 e. The number of benzene rings is 1. The van der Waals surface area contributed by atoms with E-state index in [4.69, 9.17) is 4.55 Å². The van der Waals surface area contributed by atoms with Crippen molar-refractivity contribution in [1.82, 2.24) is 0 Å². The van der Waals surface area contributed by atoms with Gasteiger partial charge >= 0.3 is 0 Å². The normalized spacial score (nSPS) is 9.86. The van der Waals surface area contributed by atoms with E-state index in [0.717, 1.165) is 0 Å². The molecule has 0 saturated heterocycles. The van der Waals surface area contributed by atoms with Crippen LogP contribution in [0, 0.1) is 0 Å². The average Bonchev–Trinajstić information content (AvgIpc) is 2.19. The SMILES string of the molecule is C=Cc1ccccc1.CCS(=O)(=O)O. The van der Waals surface area contributed by atoms with E-state index in [1.165, 1.54) is 12.5 Å². The molecule has 0 aromatic heterocycles. The van der Waals surface area contributed by atoms with Gasteiger partial charge in [-0.15, -0.1) is 0 Å². The summed E-state index contributed by atoms with van der Waals surface area (Å²) in [7, 11) is -3.66. The van der Waals surface area contributed by atoms with Gasteiger partial charge in [-0.2, -0.15) is 8.42 Å². The highest BCUT2D eigenvalue weighted by molar-refractivity contribution is 7.85. The molecule has 0 spiro atoms. The van der Waals surface area contributed by atoms with E-state index >= 15 is 0 Å². The highest BCUT2D eigenvalue weighted by Crippen LogP contribution is 1.97. The molecule has 1 aromatic rings. The summed E-state index contributed by atoms with van der Waals surface area (Å²) in [5.41, 5.74) is 1.17. The van der Waals surface area contributed by atoms with Crippen LogP contribution in [0.4, 0.5) is 0 Å². The predicted molar refractivity (Wildman–Crippen MR) is 58.6 cm³/mol. The summed E-state index contributed by atoms with van der Waals surface area (Å²) in [5.74, 6) is -0.201. The molecule has 0 radical (unpaired) electrons. The van der Waals surface area contributed by atoms with Crippen LogP contribution >= 0.6 is 0 Å². The molecule has 78 valence electrons. The lowest BCUT2D eigenvalue weighted by Gasteiger charge is -1.85. The quantitative estimate of drug-likeness (QED) is 0.768. The van der Waals surface area contributed by atoms with Crippen LogP contribution in [0.15, 0.2) is 36.9 Å². The first-order valence-corrected chi connectivity index (χ1v) is 5.73. The fourth-order valence-electron chi connectivity index (χ4n) is 0.589. The van der Waals surface area contributed by atoms with Crippen molar-refractivity contribution in [2.75, 3.05) is 5.75 Å². The third kappa shape index (κ3) is 7.52. The van der Waals surface area contributed by atoms with Gasteiger partial charge in [-0.05, 0) is 12.5 Å². The second kappa shape index (κ2) is 6.34. The highest BCUT2D eigenvalue weighted by atomic mass is 32.2. The summed E-state index contributed by atoms with van der Waals surface area (Å²) < 4.78 is 26.9. The van der Waals surface area contributed by atoms with Crippen LogP contribution in [-0.4, -0.2) is 18.7 Å². The van der Waals surface area contributed by atoms with Gasteiger partial charge in [0, 0.05) is 0 Å². The Morgan fingerprint density at radius 1 is 1.36 bits per heavy atom. The molecule has 0 aliphatic rings. The van der Waals surface area contributed by atoms with Crippen LogP contribution < -0.4 is 0 Å². The summed E-state index contributed by atoms with van der Waals surface area (Å²) >= 11 is 0. The van der Waals surface area contributed by atoms with E-state index in [2.05, 4.69) is 6.58 Å². The molecule has 1 rings (SSSR count). The van der Waals surface area contributed by atoms with Gasteiger partial charge in [0.05, 0.1) is 5.75 Å². The van der Waals surface area contributed by atoms with E-state index in [-0.39, 0.29) is 5.75 Å². The van der Waals surface area contributed by atoms with Gasteiger partial charge in [-0.1, -0.05) is 43.0 Å². The maximum Gasteiger partial charge on any atom is 0.264 e. The number of hydrogen-bond acceptors (Lipinski definition) is 2. The van der Waals surface area contributed by atoms with Gasteiger partial charge in [0.15, 0.2) is 0 Å². The van der Waals surface area contributed by atoms with Crippen LogP contribution in [0.5, 0.6) is 0 Å². The van der Waals surface area contributed by atoms with Gasteiger partial charge in [-0.25, -0.2) is 0 Å². The third-order valence-corrected chi connectivity index (χ3v) is 2.13. The van der Waals surface area contributed by atoms with Crippen LogP contribution in [0.25, 0.3) is 6.08 Å². The Hall–Kier alpha value is -1.13. The minimum Gasteiger partial charge on any atom is -0.286 e. The first kappa shape index (κ1) is 12.9.